The number of nitrogens with zero attached hydrogens (tertiary/aromatic N) is 5. The highest BCUT2D eigenvalue weighted by Crippen LogP contribution is 2.46. The van der Waals surface area contributed by atoms with Crippen LogP contribution in [0.2, 0.25) is 0 Å². The van der Waals surface area contributed by atoms with Crippen LogP contribution in [0.3, 0.4) is 0 Å². The van der Waals surface area contributed by atoms with Gasteiger partial charge in [-0.05, 0) is 43.6 Å². The number of aromatic amines is 1. The van der Waals surface area contributed by atoms with Gasteiger partial charge >= 0.3 is 0 Å². The Balaban J connectivity index is 1.68. The first-order valence-corrected chi connectivity index (χ1v) is 8.85. The fraction of sp³-hybridized carbons (Fsp3) is 0.556. The first-order chi connectivity index (χ1) is 11.8. The predicted molar refractivity (Wildman–Crippen MR) is 91.3 cm³/mol. The van der Waals surface area contributed by atoms with Crippen molar-refractivity contribution in [3.05, 3.63) is 24.3 Å². The normalized spacial score (nSPS) is 23.9. The zero-order valence-electron chi connectivity index (χ0n) is 13.9. The minimum atomic E-state index is 0.442. The van der Waals surface area contributed by atoms with Crippen LogP contribution in [0, 0.1) is 23.2 Å². The molecule has 3 atom stereocenters. The Bertz CT molecular complexity index is 886. The summed E-state index contributed by atoms with van der Waals surface area (Å²) in [5.41, 5.74) is 2.75. The minimum absolute atomic E-state index is 0.442. The molecule has 124 valence electrons. The summed E-state index contributed by atoms with van der Waals surface area (Å²) in [6.07, 6.45) is 10.1. The van der Waals surface area contributed by atoms with E-state index in [1.807, 2.05) is 12.3 Å². The minimum Gasteiger partial charge on any atom is -0.345 e. The van der Waals surface area contributed by atoms with Crippen molar-refractivity contribution >= 4 is 16.8 Å². The van der Waals surface area contributed by atoms with Crippen LogP contribution in [0.25, 0.3) is 16.8 Å². The molecule has 1 saturated carbocycles. The molecule has 1 N–H and O–H groups in total. The van der Waals surface area contributed by atoms with Crippen molar-refractivity contribution in [2.45, 2.75) is 51.4 Å². The SMILES string of the molecule is CCC1CC(CCCC#N)CC1c1nnc2cnc3[nH]ccc3n12. The molecule has 6 nitrogen and oxygen atoms in total. The van der Waals surface area contributed by atoms with Crippen molar-refractivity contribution in [1.82, 2.24) is 24.6 Å². The molecule has 1 fully saturated rings. The Morgan fingerprint density at radius 3 is 3.12 bits per heavy atom. The van der Waals surface area contributed by atoms with Crippen LogP contribution in [0.15, 0.2) is 18.5 Å². The summed E-state index contributed by atoms with van der Waals surface area (Å²) in [4.78, 5) is 7.57. The molecule has 0 spiro atoms. The number of nitrogens with one attached hydrogen (secondary N) is 1. The topological polar surface area (TPSA) is 82.7 Å². The van der Waals surface area contributed by atoms with Gasteiger partial charge in [0.1, 0.15) is 5.82 Å². The van der Waals surface area contributed by atoms with Gasteiger partial charge in [0.05, 0.1) is 17.8 Å². The quantitative estimate of drug-likeness (QED) is 0.724. The summed E-state index contributed by atoms with van der Waals surface area (Å²) in [5.74, 6) is 2.86. The maximum atomic E-state index is 8.76. The second kappa shape index (κ2) is 6.23. The van der Waals surface area contributed by atoms with Crippen LogP contribution < -0.4 is 0 Å². The van der Waals surface area contributed by atoms with Crippen LogP contribution in [0.1, 0.15) is 57.2 Å². The summed E-state index contributed by atoms with van der Waals surface area (Å²) < 4.78 is 2.17. The number of aromatic nitrogens is 5. The van der Waals surface area contributed by atoms with Gasteiger partial charge in [-0.15, -0.1) is 10.2 Å². The fourth-order valence-electron chi connectivity index (χ4n) is 4.35. The summed E-state index contributed by atoms with van der Waals surface area (Å²) in [5, 5.41) is 17.7. The first kappa shape index (κ1) is 15.1. The molecule has 0 saturated heterocycles. The number of hydrogen-bond donors (Lipinski definition) is 1. The molecule has 4 rings (SSSR count). The summed E-state index contributed by atoms with van der Waals surface area (Å²) in [6.45, 7) is 2.27. The molecule has 0 aromatic carbocycles. The molecular weight excluding hydrogens is 300 g/mol. The Morgan fingerprint density at radius 2 is 2.29 bits per heavy atom. The Labute approximate surface area is 140 Å². The molecule has 0 radical (unpaired) electrons. The molecular formula is C18H22N6. The van der Waals surface area contributed by atoms with Gasteiger partial charge in [0.15, 0.2) is 11.3 Å². The maximum Gasteiger partial charge on any atom is 0.179 e. The highest BCUT2D eigenvalue weighted by Gasteiger charge is 2.36. The van der Waals surface area contributed by atoms with Crippen molar-refractivity contribution < 1.29 is 0 Å². The van der Waals surface area contributed by atoms with E-state index in [4.69, 9.17) is 5.26 Å². The molecule has 1 aliphatic rings. The summed E-state index contributed by atoms with van der Waals surface area (Å²) in [6, 6.07) is 4.30. The van der Waals surface area contributed by atoms with E-state index in [-0.39, 0.29) is 0 Å². The van der Waals surface area contributed by atoms with Crippen LogP contribution in [-0.2, 0) is 0 Å². The number of H-pyrrole nitrogens is 1. The highest BCUT2D eigenvalue weighted by atomic mass is 15.3. The number of nitriles is 1. The lowest BCUT2D eigenvalue weighted by molar-refractivity contribution is 0.435. The third-order valence-electron chi connectivity index (χ3n) is 5.52. The van der Waals surface area contributed by atoms with Crippen molar-refractivity contribution in [2.24, 2.45) is 11.8 Å². The molecule has 3 heterocycles. The van der Waals surface area contributed by atoms with Gasteiger partial charge in [-0.1, -0.05) is 13.3 Å². The highest BCUT2D eigenvalue weighted by molar-refractivity contribution is 5.74. The van der Waals surface area contributed by atoms with Gasteiger partial charge in [-0.2, -0.15) is 5.26 Å². The standard InChI is InChI=1S/C18H22N6/c1-2-13-9-12(5-3-4-7-19)10-14(13)18-23-22-16-11-21-17-15(24(16)18)6-8-20-17/h6,8,11-14,20H,2-5,9-10H2,1H3. The molecule has 3 aromatic rings. The smallest absolute Gasteiger partial charge is 0.179 e. The van der Waals surface area contributed by atoms with Crippen molar-refractivity contribution in [3.8, 4) is 6.07 Å². The van der Waals surface area contributed by atoms with Gasteiger partial charge in [0, 0.05) is 18.5 Å². The monoisotopic (exact) mass is 322 g/mol. The van der Waals surface area contributed by atoms with E-state index in [0.717, 1.165) is 48.3 Å². The predicted octanol–water partition coefficient (Wildman–Crippen LogP) is 3.82. The number of unbranched alkanes of at least 4 members (excludes halogenated alkanes) is 1. The Hall–Kier alpha value is -2.42. The Kier molecular flexibility index (Phi) is 3.93. The lowest BCUT2D eigenvalue weighted by Gasteiger charge is -2.16. The van der Waals surface area contributed by atoms with Crippen molar-refractivity contribution in [1.29, 1.82) is 5.26 Å². The van der Waals surface area contributed by atoms with Gasteiger partial charge < -0.3 is 4.98 Å². The van der Waals surface area contributed by atoms with Crippen molar-refractivity contribution in [3.63, 3.8) is 0 Å². The molecule has 3 aromatic heterocycles. The zero-order valence-corrected chi connectivity index (χ0v) is 13.9. The molecule has 1 aliphatic carbocycles. The second-order valence-corrected chi connectivity index (χ2v) is 6.88. The number of fused-ring (bicyclic) bond motifs is 3. The van der Waals surface area contributed by atoms with E-state index < -0.39 is 0 Å². The molecule has 0 bridgehead atoms. The molecule has 24 heavy (non-hydrogen) atoms. The first-order valence-electron chi connectivity index (χ1n) is 8.85. The van der Waals surface area contributed by atoms with Gasteiger partial charge in [-0.25, -0.2) is 4.98 Å². The zero-order chi connectivity index (χ0) is 16.5. The largest absolute Gasteiger partial charge is 0.345 e. The third-order valence-corrected chi connectivity index (χ3v) is 5.52. The van der Waals surface area contributed by atoms with Gasteiger partial charge in [0.2, 0.25) is 0 Å². The summed E-state index contributed by atoms with van der Waals surface area (Å²) >= 11 is 0. The number of hydrogen-bond acceptors (Lipinski definition) is 4. The van der Waals surface area contributed by atoms with E-state index in [1.165, 1.54) is 6.42 Å². The fourth-order valence-corrected chi connectivity index (χ4v) is 4.35. The van der Waals surface area contributed by atoms with E-state index in [0.29, 0.717) is 24.2 Å². The van der Waals surface area contributed by atoms with Gasteiger partial charge in [0.25, 0.3) is 0 Å². The van der Waals surface area contributed by atoms with E-state index in [2.05, 4.69) is 37.6 Å². The van der Waals surface area contributed by atoms with Crippen LogP contribution in [0.5, 0.6) is 0 Å². The number of rotatable bonds is 5. The average molecular weight is 322 g/mol. The molecule has 3 unspecified atom stereocenters. The third kappa shape index (κ3) is 2.44. The van der Waals surface area contributed by atoms with Crippen molar-refractivity contribution in [2.75, 3.05) is 0 Å². The molecule has 0 amide bonds. The lowest BCUT2D eigenvalue weighted by Crippen LogP contribution is -2.09. The molecule has 0 aliphatic heterocycles. The second-order valence-electron chi connectivity index (χ2n) is 6.88. The summed E-state index contributed by atoms with van der Waals surface area (Å²) in [7, 11) is 0. The maximum absolute atomic E-state index is 8.76. The van der Waals surface area contributed by atoms with Crippen LogP contribution in [-0.4, -0.2) is 24.6 Å². The Morgan fingerprint density at radius 1 is 1.38 bits per heavy atom. The van der Waals surface area contributed by atoms with E-state index >= 15 is 0 Å². The van der Waals surface area contributed by atoms with Gasteiger partial charge in [-0.3, -0.25) is 4.40 Å². The van der Waals surface area contributed by atoms with Crippen LogP contribution >= 0.6 is 0 Å². The average Bonchev–Trinajstić information content (AvgIpc) is 3.31. The molecule has 6 heteroatoms. The van der Waals surface area contributed by atoms with E-state index in [1.54, 1.807) is 6.20 Å². The van der Waals surface area contributed by atoms with Crippen LogP contribution in [0.4, 0.5) is 0 Å². The lowest BCUT2D eigenvalue weighted by atomic mass is 9.93. The van der Waals surface area contributed by atoms with E-state index in [9.17, 15) is 0 Å².